The van der Waals surface area contributed by atoms with Gasteiger partial charge in [-0.25, -0.2) is 4.68 Å². The molecule has 1 aliphatic heterocycles. The van der Waals surface area contributed by atoms with Gasteiger partial charge >= 0.3 is 0 Å². The third-order valence-corrected chi connectivity index (χ3v) is 13.3. The molecule has 2 fully saturated rings. The maximum absolute atomic E-state index is 14.1. The fourth-order valence-corrected chi connectivity index (χ4v) is 9.77. The standard InChI is InChI=1S/C51H65ClN8O6/c1-33(55-30-34-12-19-38(20-13-34)60-24-23-56-58-60)44-27-39(61)31-59(44)46(64)42(49(2,3)4)26-40(62)32-65-25-11-9-10-22-54-37-17-14-35(15-18-37)45(63)57-47-50(5,6)48(51(47,7)8)66-41-21-16-36(29-53)43(52)28-41/h12-21,23-24,28,39,42,44,47-48,54-55,61H,1,9-11,22,25-27,30-32H2,2-8H3,(H,57,63)/t39-,42-,44+,47?,48?/m1/s1. The molecule has 352 valence electrons. The zero-order valence-electron chi connectivity index (χ0n) is 39.3. The Balaban J connectivity index is 0.875. The van der Waals surface area contributed by atoms with Crippen LogP contribution in [0.25, 0.3) is 5.69 Å². The summed E-state index contributed by atoms with van der Waals surface area (Å²) in [6, 6.07) is 21.9. The van der Waals surface area contributed by atoms with Crippen LogP contribution in [-0.2, 0) is 20.9 Å². The van der Waals surface area contributed by atoms with Crippen molar-refractivity contribution in [1.29, 1.82) is 5.26 Å². The number of rotatable bonds is 21. The summed E-state index contributed by atoms with van der Waals surface area (Å²) in [5.74, 6) is -0.458. The monoisotopic (exact) mass is 920 g/mol. The smallest absolute Gasteiger partial charge is 0.251 e. The minimum Gasteiger partial charge on any atom is -0.489 e. The van der Waals surface area contributed by atoms with Crippen LogP contribution in [0.2, 0.25) is 5.02 Å². The number of ether oxygens (including phenoxy) is 2. The summed E-state index contributed by atoms with van der Waals surface area (Å²) < 4.78 is 13.8. The number of benzene rings is 3. The molecule has 66 heavy (non-hydrogen) atoms. The van der Waals surface area contributed by atoms with Crippen LogP contribution >= 0.6 is 11.6 Å². The Morgan fingerprint density at radius 3 is 2.36 bits per heavy atom. The number of hydrogen-bond donors (Lipinski definition) is 4. The highest BCUT2D eigenvalue weighted by atomic mass is 35.5. The molecule has 4 N–H and O–H groups in total. The third-order valence-electron chi connectivity index (χ3n) is 13.0. The number of unbranched alkanes of at least 4 members (excludes halogenated alkanes) is 2. The fourth-order valence-electron chi connectivity index (χ4n) is 9.56. The van der Waals surface area contributed by atoms with Gasteiger partial charge in [0, 0.05) is 84.9 Å². The lowest BCUT2D eigenvalue weighted by molar-refractivity contribution is -0.164. The summed E-state index contributed by atoms with van der Waals surface area (Å²) >= 11 is 6.24. The maximum atomic E-state index is 14.1. The van der Waals surface area contributed by atoms with Crippen molar-refractivity contribution in [3.8, 4) is 17.5 Å². The number of nitrogens with one attached hydrogen (secondary N) is 3. The van der Waals surface area contributed by atoms with Gasteiger partial charge in [-0.05, 0) is 78.8 Å². The van der Waals surface area contributed by atoms with E-state index in [-0.39, 0.29) is 60.1 Å². The van der Waals surface area contributed by atoms with Crippen LogP contribution in [0.4, 0.5) is 5.69 Å². The highest BCUT2D eigenvalue weighted by molar-refractivity contribution is 6.31. The highest BCUT2D eigenvalue weighted by Gasteiger charge is 2.64. The minimum atomic E-state index is -0.688. The number of halogens is 1. The first kappa shape index (κ1) is 49.7. The van der Waals surface area contributed by atoms with Gasteiger partial charge in [-0.3, -0.25) is 14.4 Å². The van der Waals surface area contributed by atoms with E-state index in [1.807, 2.05) is 69.3 Å². The quantitative estimate of drug-likeness (QED) is 0.0597. The van der Waals surface area contributed by atoms with Crippen molar-refractivity contribution in [2.24, 2.45) is 22.2 Å². The largest absolute Gasteiger partial charge is 0.489 e. The Kier molecular flexibility index (Phi) is 16.0. The van der Waals surface area contributed by atoms with Crippen LogP contribution in [0.3, 0.4) is 0 Å². The van der Waals surface area contributed by atoms with E-state index in [0.29, 0.717) is 47.2 Å². The number of nitrogens with zero attached hydrogens (tertiary/aromatic N) is 5. The Hall–Kier alpha value is -5.75. The van der Waals surface area contributed by atoms with Gasteiger partial charge in [0.05, 0.1) is 40.8 Å². The molecule has 0 spiro atoms. The van der Waals surface area contributed by atoms with Crippen LogP contribution in [0, 0.1) is 33.5 Å². The van der Waals surface area contributed by atoms with Crippen molar-refractivity contribution in [1.82, 2.24) is 30.5 Å². The molecule has 14 nitrogen and oxygen atoms in total. The number of ketones is 1. The van der Waals surface area contributed by atoms with Crippen LogP contribution in [0.1, 0.15) is 102 Å². The van der Waals surface area contributed by atoms with Crippen LogP contribution in [-0.4, -0.2) is 93.2 Å². The second-order valence-corrected chi connectivity index (χ2v) is 20.3. The van der Waals surface area contributed by atoms with E-state index >= 15 is 0 Å². The molecule has 0 bridgehead atoms. The molecule has 0 radical (unpaired) electrons. The molecule has 3 atom stereocenters. The van der Waals surface area contributed by atoms with Crippen molar-refractivity contribution in [2.75, 3.05) is 31.6 Å². The van der Waals surface area contributed by atoms with E-state index in [0.717, 1.165) is 42.7 Å². The van der Waals surface area contributed by atoms with E-state index in [1.165, 1.54) is 0 Å². The number of β-amino-alcohol motifs (C(OH)–C–C–N with tert-alkyl or cyclic N) is 1. The molecule has 1 aromatic heterocycles. The molecule has 4 aromatic rings. The van der Waals surface area contributed by atoms with E-state index in [9.17, 15) is 24.8 Å². The number of anilines is 1. The highest BCUT2D eigenvalue weighted by Crippen LogP contribution is 2.55. The molecule has 6 rings (SSSR count). The minimum absolute atomic E-state index is 0.0487. The average molecular weight is 922 g/mol. The summed E-state index contributed by atoms with van der Waals surface area (Å²) in [6.45, 7) is 20.2. The zero-order valence-corrected chi connectivity index (χ0v) is 40.0. The Labute approximate surface area is 394 Å². The lowest BCUT2D eigenvalue weighted by atomic mass is 9.49. The molecule has 1 saturated carbocycles. The Bertz CT molecular complexity index is 2340. The van der Waals surface area contributed by atoms with Gasteiger partial charge in [0.2, 0.25) is 5.91 Å². The third kappa shape index (κ3) is 12.0. The SMILES string of the molecule is C=C(NCc1ccc(-n2ccnn2)cc1)[C@@H]1C[C@@H](O)CN1C(=O)[C@@H](CC(=O)COCCCCCNc1ccc(C(=O)NC2C(C)(C)C(Oc3ccc(C#N)c(Cl)c3)C2(C)C)cc1)C(C)(C)C. The van der Waals surface area contributed by atoms with Crippen molar-refractivity contribution in [3.63, 3.8) is 0 Å². The van der Waals surface area contributed by atoms with E-state index in [2.05, 4.69) is 66.6 Å². The number of amides is 2. The number of likely N-dealkylation sites (tertiary alicyclic amines) is 1. The van der Waals surface area contributed by atoms with E-state index in [4.69, 9.17) is 21.1 Å². The maximum Gasteiger partial charge on any atom is 0.251 e. The molecule has 1 saturated heterocycles. The first-order chi connectivity index (χ1) is 31.3. The van der Waals surface area contributed by atoms with Gasteiger partial charge in [0.15, 0.2) is 5.78 Å². The van der Waals surface area contributed by atoms with Gasteiger partial charge < -0.3 is 35.4 Å². The number of carbonyl (C=O) groups is 3. The second-order valence-electron chi connectivity index (χ2n) is 19.9. The fraction of sp³-hybridized carbons (Fsp3) is 0.490. The summed E-state index contributed by atoms with van der Waals surface area (Å²) in [7, 11) is 0. The molecule has 2 heterocycles. The van der Waals surface area contributed by atoms with Gasteiger partial charge in [0.1, 0.15) is 24.5 Å². The van der Waals surface area contributed by atoms with Gasteiger partial charge in [0.25, 0.3) is 5.91 Å². The molecule has 3 aromatic carbocycles. The molecule has 1 aliphatic carbocycles. The topological polar surface area (TPSA) is 184 Å². The number of hydrogen-bond acceptors (Lipinski definition) is 11. The lowest BCUT2D eigenvalue weighted by Crippen LogP contribution is -2.74. The van der Waals surface area contributed by atoms with E-state index < -0.39 is 23.5 Å². The van der Waals surface area contributed by atoms with Gasteiger partial charge in [-0.2, -0.15) is 5.26 Å². The molecule has 2 aliphatic rings. The number of Topliss-reactive ketones (excluding diaryl/α,β-unsaturated/α-hetero) is 1. The number of carbonyl (C=O) groups excluding carboxylic acids is 3. The number of nitriles is 1. The number of aliphatic hydroxyl groups excluding tert-OH is 1. The van der Waals surface area contributed by atoms with Crippen molar-refractivity contribution < 1.29 is 29.0 Å². The molecule has 15 heteroatoms. The summed E-state index contributed by atoms with van der Waals surface area (Å²) in [5, 5.41) is 38.1. The lowest BCUT2D eigenvalue weighted by Gasteiger charge is -2.63. The molecular weight excluding hydrogens is 856 g/mol. The first-order valence-electron chi connectivity index (χ1n) is 22.8. The molecular formula is C51H65ClN8O6. The Morgan fingerprint density at radius 2 is 1.73 bits per heavy atom. The predicted octanol–water partition coefficient (Wildman–Crippen LogP) is 7.89. The normalized spacial score (nSPS) is 20.1. The van der Waals surface area contributed by atoms with Crippen molar-refractivity contribution in [2.45, 2.75) is 111 Å². The zero-order chi connectivity index (χ0) is 47.8. The summed E-state index contributed by atoms with van der Waals surface area (Å²) in [5.41, 5.74) is 3.19. The van der Waals surface area contributed by atoms with Crippen LogP contribution in [0.15, 0.2) is 91.4 Å². The van der Waals surface area contributed by atoms with Crippen LogP contribution in [0.5, 0.6) is 5.75 Å². The van der Waals surface area contributed by atoms with Gasteiger partial charge in [-0.15, -0.1) is 5.10 Å². The number of aromatic nitrogens is 3. The van der Waals surface area contributed by atoms with Crippen LogP contribution < -0.4 is 20.7 Å². The second kappa shape index (κ2) is 21.3. The predicted molar refractivity (Wildman–Crippen MR) is 255 cm³/mol. The first-order valence-corrected chi connectivity index (χ1v) is 23.1. The molecule has 2 amide bonds. The average Bonchev–Trinajstić information content (AvgIpc) is 3.97. The van der Waals surface area contributed by atoms with Crippen molar-refractivity contribution in [3.05, 3.63) is 113 Å². The molecule has 0 unspecified atom stereocenters. The van der Waals surface area contributed by atoms with E-state index in [1.54, 1.807) is 40.2 Å². The number of aliphatic hydroxyl groups is 1. The van der Waals surface area contributed by atoms with Gasteiger partial charge in [-0.1, -0.05) is 84.0 Å². The summed E-state index contributed by atoms with van der Waals surface area (Å²) in [4.78, 5) is 42.4. The Morgan fingerprint density at radius 1 is 1.02 bits per heavy atom. The van der Waals surface area contributed by atoms with Crippen molar-refractivity contribution >= 4 is 34.9 Å². The summed E-state index contributed by atoms with van der Waals surface area (Å²) in [6.07, 6.45) is 5.50.